The molecule has 0 aromatic heterocycles. The highest BCUT2D eigenvalue weighted by molar-refractivity contribution is 7.80. The van der Waals surface area contributed by atoms with Gasteiger partial charge in [-0.1, -0.05) is 78.9 Å². The molecule has 3 heteroatoms. The van der Waals surface area contributed by atoms with Gasteiger partial charge in [-0.2, -0.15) is 12.6 Å². The molecule has 0 saturated carbocycles. The predicted molar refractivity (Wildman–Crippen MR) is 113 cm³/mol. The van der Waals surface area contributed by atoms with Crippen LogP contribution in [0.1, 0.15) is 17.2 Å². The number of rotatable bonds is 7. The van der Waals surface area contributed by atoms with Gasteiger partial charge in [-0.15, -0.1) is 0 Å². The third-order valence-electron chi connectivity index (χ3n) is 4.26. The molecule has 0 amide bonds. The summed E-state index contributed by atoms with van der Waals surface area (Å²) in [6, 6.07) is 29.9. The summed E-state index contributed by atoms with van der Waals surface area (Å²) in [4.78, 5) is 0. The monoisotopic (exact) mass is 366 g/mol. The average Bonchev–Trinajstić information content (AvgIpc) is 2.69. The second-order valence-corrected chi connectivity index (χ2v) is 8.83. The van der Waals surface area contributed by atoms with Crippen LogP contribution in [0.25, 0.3) is 0 Å². The van der Waals surface area contributed by atoms with Gasteiger partial charge in [-0.25, -0.2) is 0 Å². The lowest BCUT2D eigenvalue weighted by atomic mass is 10.1. The molecule has 0 spiro atoms. The van der Waals surface area contributed by atoms with Crippen molar-refractivity contribution in [3.05, 3.63) is 90.5 Å². The molecule has 0 fully saturated rings. The first-order chi connectivity index (χ1) is 12.3. The Morgan fingerprint density at radius 3 is 1.88 bits per heavy atom. The standard InChI is InChI=1S/C22H23OPS/c1-23-21-15-9-8-14-20(21)22(25)16-17-24(18-10-4-2-5-11-18)19-12-6-3-7-13-19/h2-15,22,25H,16-17H2,1H3. The van der Waals surface area contributed by atoms with E-state index in [2.05, 4.69) is 72.8 Å². The van der Waals surface area contributed by atoms with Crippen LogP contribution in [0.15, 0.2) is 84.9 Å². The number of benzene rings is 3. The Bertz CT molecular complexity index is 737. The highest BCUT2D eigenvalue weighted by Gasteiger charge is 2.17. The molecule has 3 rings (SSSR count). The Hall–Kier alpha value is -1.76. The molecule has 0 aliphatic rings. The van der Waals surface area contributed by atoms with E-state index in [1.165, 1.54) is 16.2 Å². The number of hydrogen-bond donors (Lipinski definition) is 1. The second-order valence-electron chi connectivity index (χ2n) is 5.87. The van der Waals surface area contributed by atoms with Gasteiger partial charge < -0.3 is 4.74 Å². The lowest BCUT2D eigenvalue weighted by Crippen LogP contribution is -2.14. The van der Waals surface area contributed by atoms with Crippen LogP contribution in [0, 0.1) is 0 Å². The van der Waals surface area contributed by atoms with Gasteiger partial charge in [0.1, 0.15) is 5.75 Å². The Morgan fingerprint density at radius 2 is 1.32 bits per heavy atom. The number of hydrogen-bond acceptors (Lipinski definition) is 2. The number of ether oxygens (including phenoxy) is 1. The smallest absolute Gasteiger partial charge is 0.123 e. The maximum Gasteiger partial charge on any atom is 0.123 e. The third-order valence-corrected chi connectivity index (χ3v) is 7.34. The molecule has 0 bridgehead atoms. The fraction of sp³-hybridized carbons (Fsp3) is 0.182. The molecule has 0 radical (unpaired) electrons. The maximum atomic E-state index is 5.50. The maximum absolute atomic E-state index is 5.50. The molecule has 128 valence electrons. The Morgan fingerprint density at radius 1 is 0.800 bits per heavy atom. The topological polar surface area (TPSA) is 9.23 Å². The summed E-state index contributed by atoms with van der Waals surface area (Å²) in [6.45, 7) is 0. The van der Waals surface area contributed by atoms with Crippen molar-refractivity contribution in [1.29, 1.82) is 0 Å². The molecular formula is C22H23OPS. The van der Waals surface area contributed by atoms with Crippen molar-refractivity contribution < 1.29 is 4.74 Å². The van der Waals surface area contributed by atoms with Crippen molar-refractivity contribution in [1.82, 2.24) is 0 Å². The molecule has 0 aliphatic carbocycles. The van der Waals surface area contributed by atoms with E-state index in [1.54, 1.807) is 7.11 Å². The van der Waals surface area contributed by atoms with E-state index in [-0.39, 0.29) is 13.2 Å². The fourth-order valence-electron chi connectivity index (χ4n) is 2.97. The summed E-state index contributed by atoms with van der Waals surface area (Å²) >= 11 is 4.87. The molecular weight excluding hydrogens is 343 g/mol. The third kappa shape index (κ3) is 4.66. The molecule has 1 atom stereocenters. The normalized spacial score (nSPS) is 12.1. The highest BCUT2D eigenvalue weighted by atomic mass is 32.1. The summed E-state index contributed by atoms with van der Waals surface area (Å²) in [5.74, 6) is 0.922. The van der Waals surface area contributed by atoms with E-state index in [0.29, 0.717) is 0 Å². The summed E-state index contributed by atoms with van der Waals surface area (Å²) in [5.41, 5.74) is 1.17. The number of thiol groups is 1. The lowest BCUT2D eigenvalue weighted by Gasteiger charge is -2.21. The van der Waals surface area contributed by atoms with Crippen molar-refractivity contribution >= 4 is 31.2 Å². The zero-order valence-corrected chi connectivity index (χ0v) is 16.2. The largest absolute Gasteiger partial charge is 0.496 e. The van der Waals surface area contributed by atoms with Crippen molar-refractivity contribution in [3.8, 4) is 5.75 Å². The molecule has 0 saturated heterocycles. The van der Waals surface area contributed by atoms with Crippen LogP contribution in [0.5, 0.6) is 5.75 Å². The van der Waals surface area contributed by atoms with E-state index < -0.39 is 0 Å². The first kappa shape index (κ1) is 18.0. The van der Waals surface area contributed by atoms with Gasteiger partial charge in [0.2, 0.25) is 0 Å². The lowest BCUT2D eigenvalue weighted by molar-refractivity contribution is 0.409. The van der Waals surface area contributed by atoms with Crippen molar-refractivity contribution in [2.75, 3.05) is 13.3 Å². The van der Waals surface area contributed by atoms with E-state index in [4.69, 9.17) is 17.4 Å². The molecule has 1 nitrogen and oxygen atoms in total. The Balaban J connectivity index is 1.79. The van der Waals surface area contributed by atoms with Crippen LogP contribution in [-0.4, -0.2) is 13.3 Å². The Kier molecular flexibility index (Phi) is 6.55. The zero-order valence-electron chi connectivity index (χ0n) is 14.4. The summed E-state index contributed by atoms with van der Waals surface area (Å²) in [6.07, 6.45) is 2.12. The number of para-hydroxylation sites is 1. The summed E-state index contributed by atoms with van der Waals surface area (Å²) in [7, 11) is 1.35. The predicted octanol–water partition coefficient (Wildman–Crippen LogP) is 5.19. The molecule has 25 heavy (non-hydrogen) atoms. The SMILES string of the molecule is COc1ccccc1C(S)CCP(c1ccccc1)c1ccccc1. The molecule has 3 aromatic carbocycles. The van der Waals surface area contributed by atoms with Crippen LogP contribution in [-0.2, 0) is 0 Å². The van der Waals surface area contributed by atoms with Gasteiger partial charge in [0.15, 0.2) is 0 Å². The average molecular weight is 366 g/mol. The van der Waals surface area contributed by atoms with Crippen LogP contribution < -0.4 is 15.3 Å². The van der Waals surface area contributed by atoms with Crippen LogP contribution in [0.3, 0.4) is 0 Å². The van der Waals surface area contributed by atoms with E-state index in [1.807, 2.05) is 12.1 Å². The van der Waals surface area contributed by atoms with Gasteiger partial charge in [-0.05, 0) is 37.2 Å². The van der Waals surface area contributed by atoms with E-state index >= 15 is 0 Å². The van der Waals surface area contributed by atoms with Crippen LogP contribution >= 0.6 is 20.6 Å². The minimum absolute atomic E-state index is 0.175. The molecule has 3 aromatic rings. The van der Waals surface area contributed by atoms with Gasteiger partial charge in [0, 0.05) is 10.8 Å². The van der Waals surface area contributed by atoms with Gasteiger partial charge in [-0.3, -0.25) is 0 Å². The van der Waals surface area contributed by atoms with E-state index in [0.717, 1.165) is 18.3 Å². The molecule has 0 aliphatic heterocycles. The first-order valence-corrected chi connectivity index (χ1v) is 10.5. The van der Waals surface area contributed by atoms with Crippen molar-refractivity contribution in [3.63, 3.8) is 0 Å². The molecule has 0 heterocycles. The minimum atomic E-state index is -0.377. The molecule has 0 N–H and O–H groups in total. The second kappa shape index (κ2) is 9.08. The van der Waals surface area contributed by atoms with Gasteiger partial charge >= 0.3 is 0 Å². The van der Waals surface area contributed by atoms with Crippen molar-refractivity contribution in [2.45, 2.75) is 11.7 Å². The zero-order chi connectivity index (χ0) is 17.5. The first-order valence-electron chi connectivity index (χ1n) is 8.48. The summed E-state index contributed by atoms with van der Waals surface area (Å²) < 4.78 is 5.50. The molecule has 1 unspecified atom stereocenters. The van der Waals surface area contributed by atoms with E-state index in [9.17, 15) is 0 Å². The minimum Gasteiger partial charge on any atom is -0.496 e. The highest BCUT2D eigenvalue weighted by Crippen LogP contribution is 2.39. The van der Waals surface area contributed by atoms with Gasteiger partial charge in [0.05, 0.1) is 7.11 Å². The quantitative estimate of drug-likeness (QED) is 0.447. The van der Waals surface area contributed by atoms with Crippen LogP contribution in [0.2, 0.25) is 0 Å². The number of methoxy groups -OCH3 is 1. The fourth-order valence-corrected chi connectivity index (χ4v) is 5.91. The van der Waals surface area contributed by atoms with Crippen LogP contribution in [0.4, 0.5) is 0 Å². The summed E-state index contributed by atoms with van der Waals surface area (Å²) in [5, 5.41) is 3.02. The Labute approximate surface area is 157 Å². The van der Waals surface area contributed by atoms with Gasteiger partial charge in [0.25, 0.3) is 0 Å². The van der Waals surface area contributed by atoms with Crippen molar-refractivity contribution in [2.24, 2.45) is 0 Å².